The quantitative estimate of drug-likeness (QED) is 0.209. The van der Waals surface area contributed by atoms with E-state index in [0.717, 1.165) is 19.3 Å². The molecule has 0 fully saturated rings. The van der Waals surface area contributed by atoms with Gasteiger partial charge in [-0.2, -0.15) is 0 Å². The molecule has 0 aromatic heterocycles. The van der Waals surface area contributed by atoms with Crippen molar-refractivity contribution in [1.29, 1.82) is 0 Å². The number of carboxylic acids is 1. The Hall–Kier alpha value is -0.570. The minimum absolute atomic E-state index is 0.337. The number of hydrogen-bond donors (Lipinski definition) is 2. The van der Waals surface area contributed by atoms with Gasteiger partial charge in [0.1, 0.15) is 0 Å². The zero-order valence-corrected chi connectivity index (χ0v) is 18.7. The van der Waals surface area contributed by atoms with Crippen molar-refractivity contribution in [3.63, 3.8) is 0 Å². The fourth-order valence-electron chi connectivity index (χ4n) is 3.19. The molecule has 0 saturated carbocycles. The summed E-state index contributed by atoms with van der Waals surface area (Å²) in [6.45, 7) is 4.80. The molecule has 0 bridgehead atoms. The van der Waals surface area contributed by atoms with E-state index in [-0.39, 0.29) is 0 Å². The fourth-order valence-corrected chi connectivity index (χ4v) is 3.19. The van der Waals surface area contributed by atoms with Crippen LogP contribution in [0.2, 0.25) is 0 Å². The summed E-state index contributed by atoms with van der Waals surface area (Å²) in [5.74, 6) is -0.670. The molecule has 3 nitrogen and oxygen atoms in total. The molecule has 3 heteroatoms. The first-order chi connectivity index (χ1) is 13.2. The molecule has 2 N–H and O–H groups in total. The van der Waals surface area contributed by atoms with E-state index >= 15 is 0 Å². The summed E-state index contributed by atoms with van der Waals surface area (Å²) in [6, 6.07) is 0. The van der Waals surface area contributed by atoms with Crippen molar-refractivity contribution in [3.8, 4) is 0 Å². The summed E-state index contributed by atoms with van der Waals surface area (Å²) in [6.07, 6.45) is 25.1. The maximum absolute atomic E-state index is 10.0. The molecule has 0 aliphatic heterocycles. The monoisotopic (exact) mass is 386 g/mol. The van der Waals surface area contributed by atoms with Gasteiger partial charge in [0.2, 0.25) is 0 Å². The molecule has 0 aromatic carbocycles. The van der Waals surface area contributed by atoms with E-state index in [1.807, 2.05) is 0 Å². The van der Waals surface area contributed by atoms with Gasteiger partial charge >= 0.3 is 5.97 Å². The van der Waals surface area contributed by atoms with E-state index < -0.39 is 5.97 Å². The second-order valence-electron chi connectivity index (χ2n) is 7.88. The number of carboxylic acid groups (broad SMARTS) is 1. The van der Waals surface area contributed by atoms with Crippen molar-refractivity contribution in [3.05, 3.63) is 0 Å². The van der Waals surface area contributed by atoms with Gasteiger partial charge in [0, 0.05) is 13.0 Å². The van der Waals surface area contributed by atoms with Crippen LogP contribution < -0.4 is 0 Å². The molecular weight excluding hydrogens is 336 g/mol. The molecule has 0 unspecified atom stereocenters. The average molecular weight is 387 g/mol. The molecule has 0 saturated heterocycles. The van der Waals surface area contributed by atoms with E-state index in [9.17, 15) is 4.79 Å². The first-order valence-corrected chi connectivity index (χ1v) is 12.0. The van der Waals surface area contributed by atoms with E-state index in [0.29, 0.717) is 13.0 Å². The molecule has 0 aliphatic carbocycles. The lowest BCUT2D eigenvalue weighted by atomic mass is 10.0. The summed E-state index contributed by atoms with van der Waals surface area (Å²) < 4.78 is 0. The predicted molar refractivity (Wildman–Crippen MR) is 118 cm³/mol. The molecule has 0 amide bonds. The number of unbranched alkanes of at least 4 members (excludes halogenated alkanes) is 17. The topological polar surface area (TPSA) is 57.5 Å². The van der Waals surface area contributed by atoms with Gasteiger partial charge in [0.25, 0.3) is 0 Å². The third-order valence-corrected chi connectivity index (χ3v) is 5.01. The van der Waals surface area contributed by atoms with Crippen molar-refractivity contribution in [1.82, 2.24) is 0 Å². The van der Waals surface area contributed by atoms with E-state index in [1.54, 1.807) is 0 Å². The minimum atomic E-state index is -0.670. The SMILES string of the molecule is CCCCCCCC(=O)O.CCCCCCCCCCCCCCCCO. The van der Waals surface area contributed by atoms with Gasteiger partial charge in [-0.25, -0.2) is 0 Å². The fraction of sp³-hybridized carbons (Fsp3) is 0.958. The van der Waals surface area contributed by atoms with Crippen LogP contribution in [-0.2, 0) is 4.79 Å². The Balaban J connectivity index is 0. The van der Waals surface area contributed by atoms with Crippen molar-refractivity contribution in [2.24, 2.45) is 0 Å². The molecule has 0 radical (unpaired) electrons. The third kappa shape index (κ3) is 33.4. The van der Waals surface area contributed by atoms with Gasteiger partial charge in [-0.3, -0.25) is 4.79 Å². The Morgan fingerprint density at radius 1 is 0.519 bits per heavy atom. The molecule has 164 valence electrons. The molecule has 0 atom stereocenters. The predicted octanol–water partition coefficient (Wildman–Crippen LogP) is 7.89. The first kappa shape index (κ1) is 28.6. The Morgan fingerprint density at radius 3 is 1.11 bits per heavy atom. The standard InChI is InChI=1S/C16H34O.C8H16O2/c1-2-3-4-5-6-7-8-9-10-11-12-13-14-15-16-17;1-2-3-4-5-6-7-8(9)10/h17H,2-16H2,1H3;2-7H2,1H3,(H,9,10). The summed E-state index contributed by atoms with van der Waals surface area (Å²) >= 11 is 0. The van der Waals surface area contributed by atoms with Crippen LogP contribution in [0.5, 0.6) is 0 Å². The maximum Gasteiger partial charge on any atom is 0.303 e. The smallest absolute Gasteiger partial charge is 0.303 e. The van der Waals surface area contributed by atoms with Crippen LogP contribution in [0.4, 0.5) is 0 Å². The number of aliphatic hydroxyl groups excluding tert-OH is 1. The van der Waals surface area contributed by atoms with Crippen LogP contribution in [0.1, 0.15) is 142 Å². The van der Waals surface area contributed by atoms with Crippen LogP contribution in [0.3, 0.4) is 0 Å². The lowest BCUT2D eigenvalue weighted by Gasteiger charge is -2.02. The number of aliphatic hydroxyl groups is 1. The summed E-state index contributed by atoms with van der Waals surface area (Å²) in [5.41, 5.74) is 0. The zero-order chi connectivity index (χ0) is 20.4. The van der Waals surface area contributed by atoms with Gasteiger partial charge in [-0.05, 0) is 12.8 Å². The molecule has 0 spiro atoms. The summed E-state index contributed by atoms with van der Waals surface area (Å²) in [7, 11) is 0. The van der Waals surface area contributed by atoms with E-state index in [2.05, 4.69) is 13.8 Å². The van der Waals surface area contributed by atoms with Gasteiger partial charge < -0.3 is 10.2 Å². The molecule has 0 aromatic rings. The second-order valence-corrected chi connectivity index (χ2v) is 7.88. The third-order valence-electron chi connectivity index (χ3n) is 5.01. The molecule has 0 heterocycles. The average Bonchev–Trinajstić information content (AvgIpc) is 2.66. The first-order valence-electron chi connectivity index (χ1n) is 12.0. The van der Waals surface area contributed by atoms with Crippen molar-refractivity contribution >= 4 is 5.97 Å². The highest BCUT2D eigenvalue weighted by atomic mass is 16.4. The zero-order valence-electron chi connectivity index (χ0n) is 18.7. The van der Waals surface area contributed by atoms with Gasteiger partial charge in [-0.1, -0.05) is 123 Å². The summed E-state index contributed by atoms with van der Waals surface area (Å²) in [4.78, 5) is 10.0. The summed E-state index contributed by atoms with van der Waals surface area (Å²) in [5, 5.41) is 16.9. The van der Waals surface area contributed by atoms with Crippen molar-refractivity contribution in [2.75, 3.05) is 6.61 Å². The van der Waals surface area contributed by atoms with Crippen LogP contribution in [0.25, 0.3) is 0 Å². The Kier molecular flexibility index (Phi) is 29.3. The number of hydrogen-bond acceptors (Lipinski definition) is 2. The molecule has 0 rings (SSSR count). The van der Waals surface area contributed by atoms with Crippen molar-refractivity contribution < 1.29 is 15.0 Å². The molecule has 27 heavy (non-hydrogen) atoms. The highest BCUT2D eigenvalue weighted by Crippen LogP contribution is 2.12. The number of carbonyl (C=O) groups is 1. The van der Waals surface area contributed by atoms with E-state index in [4.69, 9.17) is 10.2 Å². The highest BCUT2D eigenvalue weighted by Gasteiger charge is 1.95. The maximum atomic E-state index is 10.0. The molecule has 0 aliphatic rings. The van der Waals surface area contributed by atoms with Crippen LogP contribution in [0, 0.1) is 0 Å². The highest BCUT2D eigenvalue weighted by molar-refractivity contribution is 5.66. The Morgan fingerprint density at radius 2 is 0.815 bits per heavy atom. The minimum Gasteiger partial charge on any atom is -0.481 e. The number of rotatable bonds is 20. The van der Waals surface area contributed by atoms with Crippen molar-refractivity contribution in [2.45, 2.75) is 142 Å². The Bertz CT molecular complexity index is 252. The number of aliphatic carboxylic acids is 1. The normalized spacial score (nSPS) is 10.5. The van der Waals surface area contributed by atoms with Gasteiger partial charge in [0.05, 0.1) is 0 Å². The molecular formula is C24H50O3. The van der Waals surface area contributed by atoms with Gasteiger partial charge in [0.15, 0.2) is 0 Å². The lowest BCUT2D eigenvalue weighted by molar-refractivity contribution is -0.137. The Labute approximate surface area is 170 Å². The largest absolute Gasteiger partial charge is 0.481 e. The second kappa shape index (κ2) is 27.6. The van der Waals surface area contributed by atoms with E-state index in [1.165, 1.54) is 103 Å². The van der Waals surface area contributed by atoms with Crippen LogP contribution >= 0.6 is 0 Å². The van der Waals surface area contributed by atoms with Crippen LogP contribution in [-0.4, -0.2) is 22.8 Å². The lowest BCUT2D eigenvalue weighted by Crippen LogP contribution is -1.93. The van der Waals surface area contributed by atoms with Crippen LogP contribution in [0.15, 0.2) is 0 Å². The van der Waals surface area contributed by atoms with Gasteiger partial charge in [-0.15, -0.1) is 0 Å².